The van der Waals surface area contributed by atoms with Crippen LogP contribution < -0.4 is 11.4 Å². The molecule has 1 unspecified atom stereocenters. The Hall–Kier alpha value is -1.85. The number of hydrogen-bond donors (Lipinski definition) is 1. The van der Waals surface area contributed by atoms with Crippen molar-refractivity contribution in [3.05, 3.63) is 45.8 Å². The van der Waals surface area contributed by atoms with Crippen LogP contribution in [-0.2, 0) is 0 Å². The van der Waals surface area contributed by atoms with Crippen LogP contribution in [-0.4, -0.2) is 30.4 Å². The normalized spacial score (nSPS) is 20.6. The zero-order chi connectivity index (χ0) is 15.9. The molecule has 124 valence electrons. The lowest BCUT2D eigenvalue weighted by Crippen LogP contribution is -2.36. The van der Waals surface area contributed by atoms with Gasteiger partial charge < -0.3 is 15.1 Å². The molecule has 1 amide bonds. The first-order valence-electron chi connectivity index (χ1n) is 7.47. The molecule has 5 nitrogen and oxygen atoms in total. The Morgan fingerprint density at radius 2 is 2.09 bits per heavy atom. The second kappa shape index (κ2) is 6.34. The first-order valence-corrected chi connectivity index (χ1v) is 7.47. The average molecular weight is 337 g/mol. The molecule has 1 aliphatic heterocycles. The zero-order valence-electron chi connectivity index (χ0n) is 13.3. The van der Waals surface area contributed by atoms with Crippen molar-refractivity contribution in [2.75, 3.05) is 19.6 Å². The molecule has 1 fully saturated rings. The predicted molar refractivity (Wildman–Crippen MR) is 92.2 cm³/mol. The van der Waals surface area contributed by atoms with Gasteiger partial charge >= 0.3 is 5.63 Å². The minimum atomic E-state index is -0.567. The summed E-state index contributed by atoms with van der Waals surface area (Å²) in [5.41, 5.74) is 6.48. The van der Waals surface area contributed by atoms with Crippen LogP contribution in [0, 0.1) is 12.3 Å². The van der Waals surface area contributed by atoms with E-state index in [0.29, 0.717) is 30.8 Å². The standard InChI is InChI=1S/C17H20N2O3.ClH/c1-11-12-5-3-4-6-13(12)22-16(21)14(11)15(20)19-8-7-17(2,9-18)10-19;/h3-6H,7-10,18H2,1-2H3;1H. The van der Waals surface area contributed by atoms with Gasteiger partial charge in [-0.05, 0) is 36.9 Å². The van der Waals surface area contributed by atoms with Gasteiger partial charge in [-0.15, -0.1) is 12.4 Å². The molecular weight excluding hydrogens is 316 g/mol. The highest BCUT2D eigenvalue weighted by molar-refractivity contribution is 5.99. The lowest BCUT2D eigenvalue weighted by Gasteiger charge is -2.22. The second-order valence-corrected chi connectivity index (χ2v) is 6.38. The van der Waals surface area contributed by atoms with E-state index < -0.39 is 5.63 Å². The number of aryl methyl sites for hydroxylation is 1. The third kappa shape index (κ3) is 2.99. The molecule has 1 atom stereocenters. The molecule has 0 saturated carbocycles. The van der Waals surface area contributed by atoms with E-state index in [4.69, 9.17) is 10.2 Å². The van der Waals surface area contributed by atoms with Crippen molar-refractivity contribution in [1.29, 1.82) is 0 Å². The van der Waals surface area contributed by atoms with Gasteiger partial charge in [-0.1, -0.05) is 25.1 Å². The van der Waals surface area contributed by atoms with Gasteiger partial charge in [0, 0.05) is 18.5 Å². The maximum absolute atomic E-state index is 12.8. The zero-order valence-corrected chi connectivity index (χ0v) is 14.1. The van der Waals surface area contributed by atoms with Crippen LogP contribution in [0.1, 0.15) is 29.3 Å². The van der Waals surface area contributed by atoms with Crippen molar-refractivity contribution in [2.45, 2.75) is 20.3 Å². The Kier molecular flexibility index (Phi) is 4.82. The number of para-hydroxylation sites is 1. The van der Waals surface area contributed by atoms with Gasteiger partial charge in [0.1, 0.15) is 11.1 Å². The summed E-state index contributed by atoms with van der Waals surface area (Å²) in [7, 11) is 0. The number of carbonyl (C=O) groups is 1. The Bertz CT molecular complexity index is 802. The summed E-state index contributed by atoms with van der Waals surface area (Å²) in [4.78, 5) is 26.7. The van der Waals surface area contributed by atoms with Crippen LogP contribution in [0.15, 0.2) is 33.5 Å². The summed E-state index contributed by atoms with van der Waals surface area (Å²) < 4.78 is 5.30. The molecule has 23 heavy (non-hydrogen) atoms. The molecule has 0 radical (unpaired) electrons. The van der Waals surface area contributed by atoms with E-state index in [9.17, 15) is 9.59 Å². The molecule has 0 spiro atoms. The number of rotatable bonds is 2. The van der Waals surface area contributed by atoms with Crippen molar-refractivity contribution in [2.24, 2.45) is 11.1 Å². The summed E-state index contributed by atoms with van der Waals surface area (Å²) in [5.74, 6) is -0.255. The minimum absolute atomic E-state index is 0. The van der Waals surface area contributed by atoms with E-state index in [1.807, 2.05) is 12.1 Å². The van der Waals surface area contributed by atoms with Gasteiger partial charge in [0.2, 0.25) is 0 Å². The molecular formula is C17H21ClN2O3. The number of halogens is 1. The highest BCUT2D eigenvalue weighted by atomic mass is 35.5. The fourth-order valence-corrected chi connectivity index (χ4v) is 3.07. The molecule has 2 heterocycles. The number of nitrogens with zero attached hydrogens (tertiary/aromatic N) is 1. The number of fused-ring (bicyclic) bond motifs is 1. The van der Waals surface area contributed by atoms with Gasteiger partial charge in [0.05, 0.1) is 0 Å². The first-order chi connectivity index (χ1) is 10.4. The molecule has 1 saturated heterocycles. The molecule has 1 aromatic heterocycles. The predicted octanol–water partition coefficient (Wildman–Crippen LogP) is 2.33. The highest BCUT2D eigenvalue weighted by Gasteiger charge is 2.36. The van der Waals surface area contributed by atoms with E-state index >= 15 is 0 Å². The molecule has 0 aliphatic carbocycles. The molecule has 2 aromatic rings. The monoisotopic (exact) mass is 336 g/mol. The topological polar surface area (TPSA) is 76.5 Å². The van der Waals surface area contributed by atoms with E-state index in [1.165, 1.54) is 0 Å². The van der Waals surface area contributed by atoms with E-state index in [-0.39, 0.29) is 29.3 Å². The lowest BCUT2D eigenvalue weighted by atomic mass is 9.90. The highest BCUT2D eigenvalue weighted by Crippen LogP contribution is 2.30. The summed E-state index contributed by atoms with van der Waals surface area (Å²) in [6, 6.07) is 7.27. The van der Waals surface area contributed by atoms with E-state index in [1.54, 1.807) is 24.0 Å². The summed E-state index contributed by atoms with van der Waals surface area (Å²) in [6.45, 7) is 5.59. The number of carbonyl (C=O) groups excluding carboxylic acids is 1. The van der Waals surface area contributed by atoms with Crippen LogP contribution in [0.5, 0.6) is 0 Å². The van der Waals surface area contributed by atoms with Crippen LogP contribution >= 0.6 is 12.4 Å². The number of hydrogen-bond acceptors (Lipinski definition) is 4. The Labute approximate surface area is 140 Å². The number of benzene rings is 1. The molecule has 1 aromatic carbocycles. The quantitative estimate of drug-likeness (QED) is 0.854. The SMILES string of the molecule is Cc1c(C(=O)N2CCC(C)(CN)C2)c(=O)oc2ccccc12.Cl. The molecule has 1 aliphatic rings. The Balaban J connectivity index is 0.00000192. The first kappa shape index (κ1) is 17.5. The minimum Gasteiger partial charge on any atom is -0.422 e. The van der Waals surface area contributed by atoms with Gasteiger partial charge in [-0.3, -0.25) is 4.79 Å². The molecule has 2 N–H and O–H groups in total. The number of amides is 1. The molecule has 6 heteroatoms. The van der Waals surface area contributed by atoms with Crippen molar-refractivity contribution in [3.63, 3.8) is 0 Å². The Morgan fingerprint density at radius 1 is 1.39 bits per heavy atom. The summed E-state index contributed by atoms with van der Waals surface area (Å²) in [5, 5.41) is 0.797. The van der Waals surface area contributed by atoms with Crippen molar-refractivity contribution >= 4 is 29.3 Å². The third-order valence-electron chi connectivity index (χ3n) is 4.62. The smallest absolute Gasteiger partial charge is 0.349 e. The maximum atomic E-state index is 12.8. The van der Waals surface area contributed by atoms with Crippen molar-refractivity contribution in [1.82, 2.24) is 4.90 Å². The summed E-state index contributed by atoms with van der Waals surface area (Å²) in [6.07, 6.45) is 0.854. The second-order valence-electron chi connectivity index (χ2n) is 6.38. The Morgan fingerprint density at radius 3 is 2.74 bits per heavy atom. The van der Waals surface area contributed by atoms with Crippen molar-refractivity contribution in [3.8, 4) is 0 Å². The van der Waals surface area contributed by atoms with Gasteiger partial charge in [-0.25, -0.2) is 4.79 Å². The van der Waals surface area contributed by atoms with Gasteiger partial charge in [0.25, 0.3) is 5.91 Å². The van der Waals surface area contributed by atoms with Crippen molar-refractivity contribution < 1.29 is 9.21 Å². The van der Waals surface area contributed by atoms with Crippen LogP contribution in [0.2, 0.25) is 0 Å². The van der Waals surface area contributed by atoms with Crippen LogP contribution in [0.3, 0.4) is 0 Å². The lowest BCUT2D eigenvalue weighted by molar-refractivity contribution is 0.0772. The van der Waals surface area contributed by atoms with Crippen LogP contribution in [0.4, 0.5) is 0 Å². The summed E-state index contributed by atoms with van der Waals surface area (Å²) >= 11 is 0. The maximum Gasteiger partial charge on any atom is 0.349 e. The number of likely N-dealkylation sites (tertiary alicyclic amines) is 1. The fourth-order valence-electron chi connectivity index (χ4n) is 3.07. The average Bonchev–Trinajstić information content (AvgIpc) is 2.90. The fraction of sp³-hybridized carbons (Fsp3) is 0.412. The van der Waals surface area contributed by atoms with Gasteiger partial charge in [-0.2, -0.15) is 0 Å². The third-order valence-corrected chi connectivity index (χ3v) is 4.62. The van der Waals surface area contributed by atoms with Crippen LogP contribution in [0.25, 0.3) is 11.0 Å². The van der Waals surface area contributed by atoms with E-state index in [0.717, 1.165) is 11.8 Å². The molecule has 3 rings (SSSR count). The molecule has 0 bridgehead atoms. The van der Waals surface area contributed by atoms with Gasteiger partial charge in [0.15, 0.2) is 0 Å². The number of nitrogens with two attached hydrogens (primary N) is 1. The van der Waals surface area contributed by atoms with E-state index in [2.05, 4.69) is 6.92 Å². The largest absolute Gasteiger partial charge is 0.422 e.